The lowest BCUT2D eigenvalue weighted by Gasteiger charge is -2.33. The first-order chi connectivity index (χ1) is 14.2. The number of aryl methyl sites for hydroxylation is 2. The number of hydrogen-bond acceptors (Lipinski definition) is 5. The first-order valence-corrected chi connectivity index (χ1v) is 10.9. The molecule has 1 aliphatic rings. The third-order valence-electron chi connectivity index (χ3n) is 5.07. The van der Waals surface area contributed by atoms with Gasteiger partial charge in [0.25, 0.3) is 5.69 Å². The van der Waals surface area contributed by atoms with Crippen molar-refractivity contribution in [3.8, 4) is 0 Å². The van der Waals surface area contributed by atoms with Crippen molar-refractivity contribution >= 4 is 27.7 Å². The molecule has 158 valence electrons. The number of hydrogen-bond donors (Lipinski definition) is 0. The van der Waals surface area contributed by atoms with E-state index in [0.717, 1.165) is 16.7 Å². The Balaban J connectivity index is 1.62. The van der Waals surface area contributed by atoms with Crippen LogP contribution in [0.2, 0.25) is 0 Å². The summed E-state index contributed by atoms with van der Waals surface area (Å²) in [5.41, 5.74) is 3.03. The molecule has 9 heteroatoms. The monoisotopic (exact) mass is 429 g/mol. The molecule has 0 bridgehead atoms. The van der Waals surface area contributed by atoms with E-state index < -0.39 is 14.9 Å². The largest absolute Gasteiger partial charge is 0.337 e. The molecule has 0 unspecified atom stereocenters. The number of carbonyl (C=O) groups excluding carboxylic acids is 1. The molecule has 1 saturated heterocycles. The molecule has 2 aromatic rings. The zero-order valence-electron chi connectivity index (χ0n) is 16.8. The summed E-state index contributed by atoms with van der Waals surface area (Å²) < 4.78 is 26.8. The molecule has 0 atom stereocenters. The van der Waals surface area contributed by atoms with Gasteiger partial charge in [-0.15, -0.1) is 0 Å². The van der Waals surface area contributed by atoms with E-state index in [2.05, 4.69) is 0 Å². The molecule has 1 heterocycles. The summed E-state index contributed by atoms with van der Waals surface area (Å²) in [6, 6.07) is 10.8. The lowest BCUT2D eigenvalue weighted by molar-refractivity contribution is -0.384. The van der Waals surface area contributed by atoms with Crippen molar-refractivity contribution in [3.63, 3.8) is 0 Å². The SMILES string of the molecule is Cc1ccc(/C=C/C(=O)N2CCN(S(=O)(=O)c3ccc([N+](=O)[O-])cc3)CC2)c(C)c1. The number of sulfonamides is 1. The maximum absolute atomic E-state index is 12.8. The molecule has 30 heavy (non-hydrogen) atoms. The highest BCUT2D eigenvalue weighted by Crippen LogP contribution is 2.21. The van der Waals surface area contributed by atoms with Crippen LogP contribution >= 0.6 is 0 Å². The molecular formula is C21H23N3O5S. The van der Waals surface area contributed by atoms with Crippen LogP contribution in [0.25, 0.3) is 6.08 Å². The summed E-state index contributed by atoms with van der Waals surface area (Å²) in [5.74, 6) is -0.164. The second-order valence-electron chi connectivity index (χ2n) is 7.17. The van der Waals surface area contributed by atoms with Crippen LogP contribution in [0, 0.1) is 24.0 Å². The Morgan fingerprint density at radius 2 is 1.67 bits per heavy atom. The molecule has 0 spiro atoms. The van der Waals surface area contributed by atoms with E-state index in [-0.39, 0.29) is 42.7 Å². The van der Waals surface area contributed by atoms with Crippen LogP contribution in [0.1, 0.15) is 16.7 Å². The third kappa shape index (κ3) is 4.74. The number of nitro groups is 1. The average molecular weight is 429 g/mol. The topological polar surface area (TPSA) is 101 Å². The fourth-order valence-electron chi connectivity index (χ4n) is 3.32. The summed E-state index contributed by atoms with van der Waals surface area (Å²) in [6.45, 7) is 4.89. The van der Waals surface area contributed by atoms with Crippen molar-refractivity contribution in [2.24, 2.45) is 0 Å². The minimum absolute atomic E-state index is 0.00242. The molecule has 0 aliphatic carbocycles. The predicted molar refractivity (Wildman–Crippen MR) is 113 cm³/mol. The highest BCUT2D eigenvalue weighted by molar-refractivity contribution is 7.89. The van der Waals surface area contributed by atoms with E-state index in [1.807, 2.05) is 32.0 Å². The lowest BCUT2D eigenvalue weighted by atomic mass is 10.1. The summed E-state index contributed by atoms with van der Waals surface area (Å²) >= 11 is 0. The first-order valence-electron chi connectivity index (χ1n) is 9.47. The van der Waals surface area contributed by atoms with Crippen molar-refractivity contribution < 1.29 is 18.1 Å². The van der Waals surface area contributed by atoms with Gasteiger partial charge in [0, 0.05) is 44.4 Å². The molecule has 0 N–H and O–H groups in total. The zero-order chi connectivity index (χ0) is 21.9. The van der Waals surface area contributed by atoms with Gasteiger partial charge in [-0.3, -0.25) is 14.9 Å². The predicted octanol–water partition coefficient (Wildman–Crippen LogP) is 2.76. The zero-order valence-corrected chi connectivity index (χ0v) is 17.6. The molecule has 1 fully saturated rings. The number of benzene rings is 2. The van der Waals surface area contributed by atoms with Crippen LogP contribution in [-0.2, 0) is 14.8 Å². The summed E-state index contributed by atoms with van der Waals surface area (Å²) in [7, 11) is -3.76. The number of nitrogens with zero attached hydrogens (tertiary/aromatic N) is 3. The average Bonchev–Trinajstić information content (AvgIpc) is 2.73. The van der Waals surface area contributed by atoms with Gasteiger partial charge in [-0.05, 0) is 43.2 Å². The quantitative estimate of drug-likeness (QED) is 0.413. The van der Waals surface area contributed by atoms with Crippen LogP contribution in [0.4, 0.5) is 5.69 Å². The summed E-state index contributed by atoms with van der Waals surface area (Å²) in [5, 5.41) is 10.7. The molecule has 2 aromatic carbocycles. The van der Waals surface area contributed by atoms with Gasteiger partial charge in [-0.25, -0.2) is 8.42 Å². The Hall–Kier alpha value is -3.04. The molecule has 3 rings (SSSR count). The van der Waals surface area contributed by atoms with Gasteiger partial charge in [0.15, 0.2) is 0 Å². The molecule has 0 aromatic heterocycles. The van der Waals surface area contributed by atoms with Gasteiger partial charge in [-0.1, -0.05) is 23.8 Å². The smallest absolute Gasteiger partial charge is 0.269 e. The molecule has 0 radical (unpaired) electrons. The van der Waals surface area contributed by atoms with Gasteiger partial charge in [0.1, 0.15) is 0 Å². The van der Waals surface area contributed by atoms with E-state index in [9.17, 15) is 23.3 Å². The van der Waals surface area contributed by atoms with E-state index in [1.165, 1.54) is 34.6 Å². The number of nitro benzene ring substituents is 1. The Morgan fingerprint density at radius 1 is 1.03 bits per heavy atom. The summed E-state index contributed by atoms with van der Waals surface area (Å²) in [4.78, 5) is 24.3. The van der Waals surface area contributed by atoms with Crippen LogP contribution in [0.15, 0.2) is 53.4 Å². The van der Waals surface area contributed by atoms with Crippen molar-refractivity contribution in [1.29, 1.82) is 0 Å². The molecule has 1 aliphatic heterocycles. The Labute approximate surface area is 175 Å². The van der Waals surface area contributed by atoms with Crippen molar-refractivity contribution in [2.75, 3.05) is 26.2 Å². The molecule has 0 saturated carbocycles. The second kappa shape index (κ2) is 8.76. The normalized spacial score (nSPS) is 15.5. The van der Waals surface area contributed by atoms with Crippen LogP contribution in [-0.4, -0.2) is 54.6 Å². The maximum Gasteiger partial charge on any atom is 0.269 e. The van der Waals surface area contributed by atoms with Crippen molar-refractivity contribution in [2.45, 2.75) is 18.7 Å². The summed E-state index contributed by atoms with van der Waals surface area (Å²) in [6.07, 6.45) is 3.29. The second-order valence-corrected chi connectivity index (χ2v) is 9.11. The minimum Gasteiger partial charge on any atom is -0.337 e. The minimum atomic E-state index is -3.76. The van der Waals surface area contributed by atoms with Crippen molar-refractivity contribution in [3.05, 3.63) is 75.3 Å². The fraction of sp³-hybridized carbons (Fsp3) is 0.286. The highest BCUT2D eigenvalue weighted by atomic mass is 32.2. The lowest BCUT2D eigenvalue weighted by Crippen LogP contribution is -2.50. The molecule has 1 amide bonds. The number of piperazine rings is 1. The van der Waals surface area contributed by atoms with Gasteiger partial charge < -0.3 is 4.90 Å². The Morgan fingerprint density at radius 3 is 2.23 bits per heavy atom. The van der Waals surface area contributed by atoms with Gasteiger partial charge in [-0.2, -0.15) is 4.31 Å². The van der Waals surface area contributed by atoms with E-state index in [1.54, 1.807) is 11.0 Å². The van der Waals surface area contributed by atoms with Crippen LogP contribution in [0.3, 0.4) is 0 Å². The van der Waals surface area contributed by atoms with E-state index >= 15 is 0 Å². The fourth-order valence-corrected chi connectivity index (χ4v) is 4.74. The number of amides is 1. The number of non-ortho nitro benzene ring substituents is 1. The van der Waals surface area contributed by atoms with Gasteiger partial charge in [0.05, 0.1) is 9.82 Å². The Kier molecular flexibility index (Phi) is 6.33. The van der Waals surface area contributed by atoms with Crippen LogP contribution in [0.5, 0.6) is 0 Å². The van der Waals surface area contributed by atoms with Gasteiger partial charge >= 0.3 is 0 Å². The molecule has 8 nitrogen and oxygen atoms in total. The maximum atomic E-state index is 12.8. The van der Waals surface area contributed by atoms with E-state index in [4.69, 9.17) is 0 Å². The highest BCUT2D eigenvalue weighted by Gasteiger charge is 2.29. The first kappa shape index (κ1) is 21.7. The third-order valence-corrected chi connectivity index (χ3v) is 6.98. The standard InChI is InChI=1S/C21H23N3O5S/c1-16-3-4-18(17(2)15-16)5-10-21(25)22-11-13-23(14-12-22)30(28,29)20-8-6-19(7-9-20)24(26)27/h3-10,15H,11-14H2,1-2H3/b10-5+. The van der Waals surface area contributed by atoms with Crippen molar-refractivity contribution in [1.82, 2.24) is 9.21 Å². The van der Waals surface area contributed by atoms with Crippen LogP contribution < -0.4 is 0 Å². The van der Waals surface area contributed by atoms with E-state index in [0.29, 0.717) is 0 Å². The number of carbonyl (C=O) groups is 1. The molecular weight excluding hydrogens is 406 g/mol. The number of rotatable bonds is 5. The Bertz CT molecular complexity index is 1090. The van der Waals surface area contributed by atoms with Gasteiger partial charge in [0.2, 0.25) is 15.9 Å².